The third-order valence-corrected chi connectivity index (χ3v) is 4.84. The Morgan fingerprint density at radius 1 is 1.32 bits per heavy atom. The second-order valence-electron chi connectivity index (χ2n) is 5.92. The molecule has 1 heterocycles. The van der Waals surface area contributed by atoms with Gasteiger partial charge in [-0.2, -0.15) is 0 Å². The maximum atomic E-state index is 9.34. The van der Waals surface area contributed by atoms with Gasteiger partial charge in [-0.1, -0.05) is 26.8 Å². The van der Waals surface area contributed by atoms with Crippen molar-refractivity contribution < 1.29 is 9.52 Å². The van der Waals surface area contributed by atoms with Gasteiger partial charge < -0.3 is 9.52 Å². The fraction of sp³-hybridized carbons (Fsp3) is 0.529. The first kappa shape index (κ1) is 12.7. The van der Waals surface area contributed by atoms with E-state index in [1.165, 1.54) is 16.5 Å². The summed E-state index contributed by atoms with van der Waals surface area (Å²) < 4.78 is 5.93. The molecule has 0 spiro atoms. The van der Waals surface area contributed by atoms with E-state index in [9.17, 15) is 5.11 Å². The predicted octanol–water partition coefficient (Wildman–Crippen LogP) is 3.83. The molecule has 0 unspecified atom stereocenters. The van der Waals surface area contributed by atoms with E-state index in [4.69, 9.17) is 4.42 Å². The van der Waals surface area contributed by atoms with Crippen LogP contribution in [-0.4, -0.2) is 11.7 Å². The summed E-state index contributed by atoms with van der Waals surface area (Å²) >= 11 is 0. The van der Waals surface area contributed by atoms with Gasteiger partial charge in [0.1, 0.15) is 11.3 Å². The van der Waals surface area contributed by atoms with Crippen LogP contribution in [0.25, 0.3) is 11.0 Å². The minimum Gasteiger partial charge on any atom is -0.461 e. The highest BCUT2D eigenvalue weighted by Gasteiger charge is 2.50. The van der Waals surface area contributed by atoms with E-state index in [0.717, 1.165) is 30.6 Å². The summed E-state index contributed by atoms with van der Waals surface area (Å²) in [5.74, 6) is 1.54. The highest BCUT2D eigenvalue weighted by Crippen LogP contribution is 2.54. The van der Waals surface area contributed by atoms with Crippen LogP contribution in [0.4, 0.5) is 0 Å². The van der Waals surface area contributed by atoms with Gasteiger partial charge >= 0.3 is 0 Å². The second kappa shape index (κ2) is 4.38. The van der Waals surface area contributed by atoms with Crippen LogP contribution in [0, 0.1) is 5.92 Å². The van der Waals surface area contributed by atoms with Crippen molar-refractivity contribution in [3.05, 3.63) is 35.1 Å². The van der Waals surface area contributed by atoms with Crippen molar-refractivity contribution >= 4 is 11.0 Å². The average Bonchev–Trinajstić information content (AvgIpc) is 2.98. The number of benzene rings is 1. The van der Waals surface area contributed by atoms with Crippen LogP contribution >= 0.6 is 0 Å². The highest BCUT2D eigenvalue weighted by molar-refractivity contribution is 5.83. The molecule has 1 aliphatic carbocycles. The Hall–Kier alpha value is -1.28. The minimum atomic E-state index is 0.164. The lowest BCUT2D eigenvalue weighted by molar-refractivity contribution is 0.265. The summed E-state index contributed by atoms with van der Waals surface area (Å²) in [4.78, 5) is 0. The molecule has 0 radical (unpaired) electrons. The third-order valence-electron chi connectivity index (χ3n) is 4.84. The topological polar surface area (TPSA) is 33.4 Å². The van der Waals surface area contributed by atoms with Crippen molar-refractivity contribution in [2.45, 2.75) is 45.4 Å². The van der Waals surface area contributed by atoms with Crippen LogP contribution in [0.15, 0.2) is 22.6 Å². The molecule has 0 bridgehead atoms. The van der Waals surface area contributed by atoms with E-state index < -0.39 is 0 Å². The summed E-state index contributed by atoms with van der Waals surface area (Å²) in [6.45, 7) is 6.87. The lowest BCUT2D eigenvalue weighted by Gasteiger charge is -2.11. The van der Waals surface area contributed by atoms with Crippen LogP contribution in [0.2, 0.25) is 0 Å². The number of aryl methyl sites for hydroxylation is 2. The van der Waals surface area contributed by atoms with E-state index in [1.807, 2.05) is 0 Å². The number of furan rings is 1. The molecule has 0 amide bonds. The molecule has 1 aliphatic rings. The Kier molecular flexibility index (Phi) is 2.94. The Morgan fingerprint density at radius 3 is 2.68 bits per heavy atom. The van der Waals surface area contributed by atoms with E-state index in [2.05, 4.69) is 39.0 Å². The summed E-state index contributed by atoms with van der Waals surface area (Å²) in [5, 5.41) is 10.6. The molecule has 3 rings (SSSR count). The molecular formula is C17H22O2. The normalized spacial score (nSPS) is 26.0. The van der Waals surface area contributed by atoms with Gasteiger partial charge in [-0.3, -0.25) is 0 Å². The molecule has 102 valence electrons. The van der Waals surface area contributed by atoms with Gasteiger partial charge in [0.15, 0.2) is 0 Å². The van der Waals surface area contributed by atoms with Crippen LogP contribution in [0.5, 0.6) is 0 Å². The van der Waals surface area contributed by atoms with Gasteiger partial charge in [-0.15, -0.1) is 0 Å². The molecular weight excluding hydrogens is 236 g/mol. The van der Waals surface area contributed by atoms with Crippen molar-refractivity contribution in [3.8, 4) is 0 Å². The Labute approximate surface area is 114 Å². The average molecular weight is 258 g/mol. The van der Waals surface area contributed by atoms with E-state index in [-0.39, 0.29) is 5.41 Å². The third kappa shape index (κ3) is 1.81. The molecule has 1 aromatic carbocycles. The van der Waals surface area contributed by atoms with Crippen molar-refractivity contribution in [1.82, 2.24) is 0 Å². The Morgan fingerprint density at radius 2 is 2.11 bits per heavy atom. The van der Waals surface area contributed by atoms with Gasteiger partial charge in [0.25, 0.3) is 0 Å². The number of hydrogen-bond donors (Lipinski definition) is 1. The zero-order valence-corrected chi connectivity index (χ0v) is 12.0. The van der Waals surface area contributed by atoms with E-state index >= 15 is 0 Å². The van der Waals surface area contributed by atoms with Gasteiger partial charge in [0, 0.05) is 24.0 Å². The summed E-state index contributed by atoms with van der Waals surface area (Å²) in [6, 6.07) is 6.55. The monoisotopic (exact) mass is 258 g/mol. The maximum absolute atomic E-state index is 9.34. The van der Waals surface area contributed by atoms with E-state index in [1.54, 1.807) is 0 Å². The molecule has 1 aromatic heterocycles. The molecule has 1 N–H and O–H groups in total. The van der Waals surface area contributed by atoms with Crippen molar-refractivity contribution in [1.29, 1.82) is 0 Å². The number of aliphatic hydroxyl groups excluding tert-OH is 1. The number of fused-ring (bicyclic) bond motifs is 1. The molecule has 1 fully saturated rings. The fourth-order valence-electron chi connectivity index (χ4n) is 3.30. The van der Waals surface area contributed by atoms with Gasteiger partial charge in [0.2, 0.25) is 0 Å². The summed E-state index contributed by atoms with van der Waals surface area (Å²) in [7, 11) is 0. The first-order valence-electron chi connectivity index (χ1n) is 7.29. The lowest BCUT2D eigenvalue weighted by Crippen LogP contribution is -2.06. The number of hydrogen-bond acceptors (Lipinski definition) is 2. The van der Waals surface area contributed by atoms with Crippen molar-refractivity contribution in [2.75, 3.05) is 6.61 Å². The largest absolute Gasteiger partial charge is 0.461 e. The number of aliphatic hydroxyl groups is 1. The summed E-state index contributed by atoms with van der Waals surface area (Å²) in [5.41, 5.74) is 3.86. The zero-order chi connectivity index (χ0) is 13.6. The standard InChI is InChI=1S/C17H22O2/c1-4-13-14-8-11(17(3)9-12(17)10-18)6-7-16(14)19-15(13)5-2/h6-8,12,18H,4-5,9-10H2,1-3H3/t12-,17+/m0/s1. The van der Waals surface area contributed by atoms with Crippen LogP contribution in [0.1, 0.15) is 44.1 Å². The zero-order valence-electron chi connectivity index (χ0n) is 12.0. The van der Waals surface area contributed by atoms with E-state index in [0.29, 0.717) is 12.5 Å². The van der Waals surface area contributed by atoms with Gasteiger partial charge in [-0.05, 0) is 41.9 Å². The smallest absolute Gasteiger partial charge is 0.134 e. The lowest BCUT2D eigenvalue weighted by atomic mass is 9.93. The second-order valence-corrected chi connectivity index (χ2v) is 5.92. The van der Waals surface area contributed by atoms with Gasteiger partial charge in [0.05, 0.1) is 0 Å². The van der Waals surface area contributed by atoms with Crippen LogP contribution in [-0.2, 0) is 18.3 Å². The molecule has 2 atom stereocenters. The summed E-state index contributed by atoms with van der Waals surface area (Å²) in [6.07, 6.45) is 3.05. The molecule has 2 heteroatoms. The van der Waals surface area contributed by atoms with Crippen LogP contribution < -0.4 is 0 Å². The maximum Gasteiger partial charge on any atom is 0.134 e. The Balaban J connectivity index is 2.10. The Bertz CT molecular complexity index is 611. The predicted molar refractivity (Wildman–Crippen MR) is 77.5 cm³/mol. The quantitative estimate of drug-likeness (QED) is 0.904. The SMILES string of the molecule is CCc1oc2ccc([C@@]3(C)C[C@H]3CO)cc2c1CC. The molecule has 2 nitrogen and oxygen atoms in total. The van der Waals surface area contributed by atoms with Crippen molar-refractivity contribution in [2.24, 2.45) is 5.92 Å². The van der Waals surface area contributed by atoms with Crippen LogP contribution in [0.3, 0.4) is 0 Å². The first-order chi connectivity index (χ1) is 9.13. The van der Waals surface area contributed by atoms with Crippen molar-refractivity contribution in [3.63, 3.8) is 0 Å². The minimum absolute atomic E-state index is 0.164. The highest BCUT2D eigenvalue weighted by atomic mass is 16.3. The first-order valence-corrected chi connectivity index (χ1v) is 7.29. The van der Waals surface area contributed by atoms with Gasteiger partial charge in [-0.25, -0.2) is 0 Å². The molecule has 0 saturated heterocycles. The molecule has 0 aliphatic heterocycles. The molecule has 1 saturated carbocycles. The molecule has 19 heavy (non-hydrogen) atoms. The molecule has 2 aromatic rings. The number of rotatable bonds is 4. The fourth-order valence-corrected chi connectivity index (χ4v) is 3.30.